The maximum Gasteiger partial charge on any atom is 0.229 e. The number of pyridine rings is 1. The summed E-state index contributed by atoms with van der Waals surface area (Å²) in [6.07, 6.45) is 1.76. The van der Waals surface area contributed by atoms with E-state index in [1.165, 1.54) is 0 Å². The number of nitrogens with one attached hydrogen (secondary N) is 2. The van der Waals surface area contributed by atoms with E-state index in [4.69, 9.17) is 23.2 Å². The highest BCUT2D eigenvalue weighted by Crippen LogP contribution is 2.32. The van der Waals surface area contributed by atoms with E-state index in [2.05, 4.69) is 25.6 Å². The van der Waals surface area contributed by atoms with Crippen LogP contribution in [-0.2, 0) is 0 Å². The summed E-state index contributed by atoms with van der Waals surface area (Å²) in [4.78, 5) is 13.5. The Labute approximate surface area is 166 Å². The summed E-state index contributed by atoms with van der Waals surface area (Å²) < 4.78 is 0. The zero-order valence-electron chi connectivity index (χ0n) is 14.4. The molecule has 0 saturated heterocycles. The first-order chi connectivity index (χ1) is 13.1. The third-order valence-electron chi connectivity index (χ3n) is 3.95. The highest BCUT2D eigenvalue weighted by Gasteiger charge is 2.09. The molecule has 0 bridgehead atoms. The van der Waals surface area contributed by atoms with E-state index in [1.54, 1.807) is 12.3 Å². The molecular formula is C20H15Cl2N5. The van der Waals surface area contributed by atoms with Gasteiger partial charge in [0.1, 0.15) is 5.82 Å². The first-order valence-corrected chi connectivity index (χ1v) is 9.03. The van der Waals surface area contributed by atoms with Crippen LogP contribution >= 0.6 is 23.2 Å². The number of benzene rings is 2. The van der Waals surface area contributed by atoms with Crippen LogP contribution in [0.15, 0.2) is 60.8 Å². The quantitative estimate of drug-likeness (QED) is 0.435. The van der Waals surface area contributed by atoms with E-state index in [0.29, 0.717) is 27.5 Å². The minimum atomic E-state index is 0.447. The van der Waals surface area contributed by atoms with E-state index >= 15 is 0 Å². The Morgan fingerprint density at radius 3 is 2.52 bits per heavy atom. The van der Waals surface area contributed by atoms with Gasteiger partial charge < -0.3 is 10.6 Å². The molecule has 0 fully saturated rings. The smallest absolute Gasteiger partial charge is 0.229 e. The zero-order valence-corrected chi connectivity index (χ0v) is 15.9. The van der Waals surface area contributed by atoms with Crippen molar-refractivity contribution in [3.63, 3.8) is 0 Å². The largest absolute Gasteiger partial charge is 0.339 e. The second-order valence-electron chi connectivity index (χ2n) is 5.95. The Morgan fingerprint density at radius 2 is 1.63 bits per heavy atom. The van der Waals surface area contributed by atoms with Crippen LogP contribution in [0.25, 0.3) is 10.9 Å². The van der Waals surface area contributed by atoms with E-state index in [9.17, 15) is 0 Å². The van der Waals surface area contributed by atoms with Crippen molar-refractivity contribution in [3.05, 3.63) is 76.5 Å². The lowest BCUT2D eigenvalue weighted by Gasteiger charge is -2.12. The molecule has 0 radical (unpaired) electrons. The van der Waals surface area contributed by atoms with Gasteiger partial charge in [-0.05, 0) is 31.2 Å². The van der Waals surface area contributed by atoms with Crippen molar-refractivity contribution >= 4 is 57.2 Å². The van der Waals surface area contributed by atoms with Crippen LogP contribution in [-0.4, -0.2) is 15.0 Å². The molecule has 0 amide bonds. The first kappa shape index (κ1) is 17.5. The summed E-state index contributed by atoms with van der Waals surface area (Å²) in [5.41, 5.74) is 3.18. The van der Waals surface area contributed by atoms with Gasteiger partial charge in [-0.2, -0.15) is 4.98 Å². The minimum Gasteiger partial charge on any atom is -0.339 e. The maximum absolute atomic E-state index is 6.26. The molecule has 0 aliphatic heterocycles. The summed E-state index contributed by atoms with van der Waals surface area (Å²) >= 11 is 12.3. The molecule has 0 saturated carbocycles. The highest BCUT2D eigenvalue weighted by molar-refractivity contribution is 6.43. The second-order valence-corrected chi connectivity index (χ2v) is 6.74. The zero-order chi connectivity index (χ0) is 18.8. The van der Waals surface area contributed by atoms with Gasteiger partial charge in [0, 0.05) is 23.3 Å². The second kappa shape index (κ2) is 7.39. The van der Waals surface area contributed by atoms with Crippen molar-refractivity contribution in [2.75, 3.05) is 10.6 Å². The van der Waals surface area contributed by atoms with Gasteiger partial charge >= 0.3 is 0 Å². The third kappa shape index (κ3) is 3.79. The lowest BCUT2D eigenvalue weighted by molar-refractivity contribution is 1.11. The van der Waals surface area contributed by atoms with Crippen LogP contribution < -0.4 is 10.6 Å². The number of hydrogen-bond acceptors (Lipinski definition) is 5. The number of halogens is 2. The van der Waals surface area contributed by atoms with Crippen LogP contribution in [0.2, 0.25) is 10.0 Å². The van der Waals surface area contributed by atoms with E-state index in [-0.39, 0.29) is 0 Å². The van der Waals surface area contributed by atoms with Gasteiger partial charge in [0.05, 0.1) is 26.9 Å². The molecule has 0 aliphatic rings. The summed E-state index contributed by atoms with van der Waals surface area (Å²) in [7, 11) is 0. The predicted octanol–water partition coefficient (Wildman–Crippen LogP) is 6.13. The monoisotopic (exact) mass is 395 g/mol. The number of nitrogens with zero attached hydrogens (tertiary/aromatic N) is 3. The number of fused-ring (bicyclic) bond motifs is 1. The molecule has 7 heteroatoms. The van der Waals surface area contributed by atoms with Crippen LogP contribution in [0.3, 0.4) is 0 Å². The summed E-state index contributed by atoms with van der Waals surface area (Å²) in [5, 5.41) is 8.42. The predicted molar refractivity (Wildman–Crippen MR) is 112 cm³/mol. The van der Waals surface area contributed by atoms with Gasteiger partial charge in [-0.1, -0.05) is 47.5 Å². The molecule has 4 rings (SSSR count). The molecular weight excluding hydrogens is 381 g/mol. The van der Waals surface area contributed by atoms with Crippen molar-refractivity contribution in [2.45, 2.75) is 6.92 Å². The Balaban J connectivity index is 1.67. The standard InChI is InChI=1S/C20H15Cl2N5/c1-12-11-17(25-15-8-3-7-14(21)18(15)22)27-20(24-12)26-16-9-2-5-13-6-4-10-23-19(13)16/h2-11H,1H3,(H2,24,25,26,27). The molecule has 2 heterocycles. The molecule has 5 nitrogen and oxygen atoms in total. The van der Waals surface area contributed by atoms with Crippen LogP contribution in [0, 0.1) is 6.92 Å². The Kier molecular flexibility index (Phi) is 4.79. The minimum absolute atomic E-state index is 0.447. The molecule has 0 unspecified atom stereocenters. The Hall–Kier alpha value is -2.89. The average molecular weight is 396 g/mol. The molecule has 27 heavy (non-hydrogen) atoms. The Morgan fingerprint density at radius 1 is 0.852 bits per heavy atom. The van der Waals surface area contributed by atoms with Crippen LogP contribution in [0.5, 0.6) is 0 Å². The molecule has 4 aromatic rings. The van der Waals surface area contributed by atoms with Gasteiger partial charge in [-0.3, -0.25) is 4.98 Å². The molecule has 2 N–H and O–H groups in total. The Bertz CT molecular complexity index is 1130. The van der Waals surface area contributed by atoms with Crippen LogP contribution in [0.1, 0.15) is 5.69 Å². The highest BCUT2D eigenvalue weighted by atomic mass is 35.5. The summed E-state index contributed by atoms with van der Waals surface area (Å²) in [6, 6.07) is 17.1. The normalized spacial score (nSPS) is 10.8. The average Bonchev–Trinajstić information content (AvgIpc) is 2.65. The summed E-state index contributed by atoms with van der Waals surface area (Å²) in [5.74, 6) is 1.08. The molecule has 2 aromatic carbocycles. The number of rotatable bonds is 4. The lowest BCUT2D eigenvalue weighted by Crippen LogP contribution is -2.03. The fourth-order valence-corrected chi connectivity index (χ4v) is 3.10. The fraction of sp³-hybridized carbons (Fsp3) is 0.0500. The van der Waals surface area contributed by atoms with Gasteiger partial charge in [-0.15, -0.1) is 0 Å². The van der Waals surface area contributed by atoms with E-state index in [1.807, 2.05) is 55.5 Å². The molecule has 134 valence electrons. The lowest BCUT2D eigenvalue weighted by atomic mass is 10.2. The SMILES string of the molecule is Cc1cc(Nc2cccc(Cl)c2Cl)nc(Nc2cccc3cccnc23)n1. The summed E-state index contributed by atoms with van der Waals surface area (Å²) in [6.45, 7) is 1.90. The first-order valence-electron chi connectivity index (χ1n) is 8.27. The molecule has 0 aliphatic carbocycles. The van der Waals surface area contributed by atoms with Gasteiger partial charge in [0.25, 0.3) is 0 Å². The number of para-hydroxylation sites is 1. The van der Waals surface area contributed by atoms with Crippen molar-refractivity contribution in [1.82, 2.24) is 15.0 Å². The topological polar surface area (TPSA) is 62.7 Å². The van der Waals surface area contributed by atoms with Crippen molar-refractivity contribution in [2.24, 2.45) is 0 Å². The molecule has 0 spiro atoms. The maximum atomic E-state index is 6.26. The molecule has 2 aromatic heterocycles. The van der Waals surface area contributed by atoms with Crippen molar-refractivity contribution in [3.8, 4) is 0 Å². The third-order valence-corrected chi connectivity index (χ3v) is 4.77. The van der Waals surface area contributed by atoms with Gasteiger partial charge in [-0.25, -0.2) is 4.98 Å². The fourth-order valence-electron chi connectivity index (χ4n) is 2.75. The number of aryl methyl sites for hydroxylation is 1. The number of hydrogen-bond donors (Lipinski definition) is 2. The number of anilines is 4. The van der Waals surface area contributed by atoms with Crippen molar-refractivity contribution in [1.29, 1.82) is 0 Å². The van der Waals surface area contributed by atoms with Gasteiger partial charge in [0.2, 0.25) is 5.95 Å². The van der Waals surface area contributed by atoms with Gasteiger partial charge in [0.15, 0.2) is 0 Å². The number of aromatic nitrogens is 3. The van der Waals surface area contributed by atoms with Crippen molar-refractivity contribution < 1.29 is 0 Å². The van der Waals surface area contributed by atoms with Crippen LogP contribution in [0.4, 0.5) is 23.1 Å². The van der Waals surface area contributed by atoms with E-state index < -0.39 is 0 Å². The molecule has 0 atom stereocenters. The van der Waals surface area contributed by atoms with E-state index in [0.717, 1.165) is 22.3 Å².